The molecule has 20 heavy (non-hydrogen) atoms. The maximum Gasteiger partial charge on any atom is 0.126 e. The lowest BCUT2D eigenvalue weighted by atomic mass is 9.84. The largest absolute Gasteiger partial charge is 0.329 e. The maximum absolute atomic E-state index is 13.8. The summed E-state index contributed by atoms with van der Waals surface area (Å²) >= 11 is 0. The third-order valence-corrected chi connectivity index (χ3v) is 4.88. The van der Waals surface area contributed by atoms with E-state index in [1.165, 1.54) is 25.7 Å². The van der Waals surface area contributed by atoms with Gasteiger partial charge >= 0.3 is 0 Å². The molecule has 0 spiro atoms. The SMILES string of the molecule is Cc1ccc(C(CN)N(C)C2CCCCC2C)cc1F. The minimum Gasteiger partial charge on any atom is -0.329 e. The summed E-state index contributed by atoms with van der Waals surface area (Å²) in [5, 5.41) is 0. The molecule has 3 heteroatoms. The molecule has 0 saturated heterocycles. The van der Waals surface area contributed by atoms with E-state index in [9.17, 15) is 4.39 Å². The van der Waals surface area contributed by atoms with Crippen molar-refractivity contribution in [2.45, 2.75) is 51.6 Å². The lowest BCUT2D eigenvalue weighted by molar-refractivity contribution is 0.0991. The highest BCUT2D eigenvalue weighted by molar-refractivity contribution is 5.26. The van der Waals surface area contributed by atoms with Crippen molar-refractivity contribution in [2.75, 3.05) is 13.6 Å². The van der Waals surface area contributed by atoms with Gasteiger partial charge in [0.05, 0.1) is 0 Å². The normalized spacial score (nSPS) is 24.9. The third kappa shape index (κ3) is 3.21. The fourth-order valence-corrected chi connectivity index (χ4v) is 3.49. The van der Waals surface area contributed by atoms with Gasteiger partial charge in [0.1, 0.15) is 5.82 Å². The molecule has 3 unspecified atom stereocenters. The van der Waals surface area contributed by atoms with E-state index in [0.29, 0.717) is 24.1 Å². The van der Waals surface area contributed by atoms with Crippen LogP contribution >= 0.6 is 0 Å². The smallest absolute Gasteiger partial charge is 0.126 e. The Bertz CT molecular complexity index is 447. The summed E-state index contributed by atoms with van der Waals surface area (Å²) in [6.45, 7) is 4.65. The molecule has 0 amide bonds. The summed E-state index contributed by atoms with van der Waals surface area (Å²) in [4.78, 5) is 2.37. The summed E-state index contributed by atoms with van der Waals surface area (Å²) < 4.78 is 13.8. The first-order valence-electron chi connectivity index (χ1n) is 7.72. The average Bonchev–Trinajstić information content (AvgIpc) is 2.44. The van der Waals surface area contributed by atoms with E-state index in [1.54, 1.807) is 13.0 Å². The molecule has 0 bridgehead atoms. The molecule has 2 rings (SSSR count). The highest BCUT2D eigenvalue weighted by Crippen LogP contribution is 2.32. The Labute approximate surface area is 122 Å². The van der Waals surface area contributed by atoms with Crippen LogP contribution in [-0.4, -0.2) is 24.5 Å². The van der Waals surface area contributed by atoms with Crippen molar-refractivity contribution in [3.63, 3.8) is 0 Å². The molecule has 1 aliphatic rings. The number of likely N-dealkylation sites (N-methyl/N-ethyl adjacent to an activating group) is 1. The fourth-order valence-electron chi connectivity index (χ4n) is 3.49. The molecule has 0 heterocycles. The van der Waals surface area contributed by atoms with Gasteiger partial charge < -0.3 is 5.73 Å². The quantitative estimate of drug-likeness (QED) is 0.911. The zero-order valence-corrected chi connectivity index (χ0v) is 12.9. The van der Waals surface area contributed by atoms with Crippen LogP contribution in [-0.2, 0) is 0 Å². The van der Waals surface area contributed by atoms with Gasteiger partial charge in [0.25, 0.3) is 0 Å². The Morgan fingerprint density at radius 3 is 2.65 bits per heavy atom. The number of rotatable bonds is 4. The van der Waals surface area contributed by atoms with Crippen LogP contribution < -0.4 is 5.73 Å². The topological polar surface area (TPSA) is 29.3 Å². The Balaban J connectivity index is 2.19. The number of halogens is 1. The van der Waals surface area contributed by atoms with Crippen LogP contribution in [0, 0.1) is 18.7 Å². The molecule has 112 valence electrons. The first kappa shape index (κ1) is 15.5. The van der Waals surface area contributed by atoms with Gasteiger partial charge in [0, 0.05) is 18.6 Å². The van der Waals surface area contributed by atoms with Gasteiger partial charge in [-0.25, -0.2) is 4.39 Å². The molecule has 3 atom stereocenters. The van der Waals surface area contributed by atoms with E-state index >= 15 is 0 Å². The number of aryl methyl sites for hydroxylation is 1. The van der Waals surface area contributed by atoms with Crippen LogP contribution in [0.2, 0.25) is 0 Å². The monoisotopic (exact) mass is 278 g/mol. The Morgan fingerprint density at radius 1 is 1.35 bits per heavy atom. The zero-order chi connectivity index (χ0) is 14.7. The van der Waals surface area contributed by atoms with Crippen molar-refractivity contribution in [1.82, 2.24) is 4.90 Å². The molecule has 0 aromatic heterocycles. The van der Waals surface area contributed by atoms with Crippen LogP contribution in [0.15, 0.2) is 18.2 Å². The Morgan fingerprint density at radius 2 is 2.05 bits per heavy atom. The summed E-state index contributed by atoms with van der Waals surface area (Å²) in [5.41, 5.74) is 7.67. The van der Waals surface area contributed by atoms with Crippen LogP contribution in [0.1, 0.15) is 49.8 Å². The van der Waals surface area contributed by atoms with Crippen LogP contribution in [0.4, 0.5) is 4.39 Å². The van der Waals surface area contributed by atoms with Crippen LogP contribution in [0.25, 0.3) is 0 Å². The fraction of sp³-hybridized carbons (Fsp3) is 0.647. The van der Waals surface area contributed by atoms with Crippen LogP contribution in [0.5, 0.6) is 0 Å². The van der Waals surface area contributed by atoms with Gasteiger partial charge in [-0.1, -0.05) is 31.9 Å². The maximum atomic E-state index is 13.8. The summed E-state index contributed by atoms with van der Waals surface area (Å²) in [6.07, 6.45) is 5.13. The molecule has 1 aliphatic carbocycles. The molecule has 1 fully saturated rings. The summed E-state index contributed by atoms with van der Waals surface area (Å²) in [7, 11) is 2.14. The molecular weight excluding hydrogens is 251 g/mol. The number of hydrogen-bond donors (Lipinski definition) is 1. The minimum atomic E-state index is -0.133. The van der Waals surface area contributed by atoms with Crippen LogP contribution in [0.3, 0.4) is 0 Å². The number of nitrogens with zero attached hydrogens (tertiary/aromatic N) is 1. The van der Waals surface area contributed by atoms with E-state index < -0.39 is 0 Å². The molecule has 0 aliphatic heterocycles. The molecular formula is C17H27FN2. The predicted molar refractivity (Wildman–Crippen MR) is 82.1 cm³/mol. The summed E-state index contributed by atoms with van der Waals surface area (Å²) in [5.74, 6) is 0.559. The van der Waals surface area contributed by atoms with Gasteiger partial charge in [-0.05, 0) is 49.9 Å². The van der Waals surface area contributed by atoms with Gasteiger partial charge in [0.2, 0.25) is 0 Å². The second kappa shape index (κ2) is 6.68. The van der Waals surface area contributed by atoms with E-state index in [4.69, 9.17) is 5.73 Å². The first-order valence-corrected chi connectivity index (χ1v) is 7.72. The molecule has 1 aromatic carbocycles. The molecule has 2 N–H and O–H groups in total. The van der Waals surface area contributed by atoms with Crippen molar-refractivity contribution in [1.29, 1.82) is 0 Å². The van der Waals surface area contributed by atoms with E-state index in [2.05, 4.69) is 18.9 Å². The lowest BCUT2D eigenvalue weighted by Gasteiger charge is -2.40. The highest BCUT2D eigenvalue weighted by atomic mass is 19.1. The predicted octanol–water partition coefficient (Wildman–Crippen LogP) is 3.64. The number of nitrogens with two attached hydrogens (primary N) is 1. The van der Waals surface area contributed by atoms with Crippen molar-refractivity contribution >= 4 is 0 Å². The third-order valence-electron chi connectivity index (χ3n) is 4.88. The van der Waals surface area contributed by atoms with Crippen molar-refractivity contribution in [2.24, 2.45) is 11.7 Å². The van der Waals surface area contributed by atoms with Gasteiger partial charge in [-0.2, -0.15) is 0 Å². The second-order valence-electron chi connectivity index (χ2n) is 6.25. The van der Waals surface area contributed by atoms with E-state index in [-0.39, 0.29) is 11.9 Å². The number of hydrogen-bond acceptors (Lipinski definition) is 2. The highest BCUT2D eigenvalue weighted by Gasteiger charge is 2.29. The first-order chi connectivity index (χ1) is 9.54. The van der Waals surface area contributed by atoms with E-state index in [0.717, 1.165) is 5.56 Å². The van der Waals surface area contributed by atoms with E-state index in [1.807, 2.05) is 12.1 Å². The van der Waals surface area contributed by atoms with Gasteiger partial charge in [-0.3, -0.25) is 4.90 Å². The molecule has 0 radical (unpaired) electrons. The summed E-state index contributed by atoms with van der Waals surface area (Å²) in [6, 6.07) is 6.18. The van der Waals surface area contributed by atoms with Crippen molar-refractivity contribution in [3.8, 4) is 0 Å². The Kier molecular flexibility index (Phi) is 5.17. The average molecular weight is 278 g/mol. The standard InChI is InChI=1S/C17H27FN2/c1-12-8-9-14(10-15(12)18)17(11-19)20(3)16-7-5-4-6-13(16)2/h8-10,13,16-17H,4-7,11,19H2,1-3H3. The second-order valence-corrected chi connectivity index (χ2v) is 6.25. The minimum absolute atomic E-state index is 0.107. The molecule has 1 saturated carbocycles. The van der Waals surface area contributed by atoms with Gasteiger partial charge in [-0.15, -0.1) is 0 Å². The van der Waals surface area contributed by atoms with Crippen molar-refractivity contribution in [3.05, 3.63) is 35.1 Å². The lowest BCUT2D eigenvalue weighted by Crippen LogP contribution is -2.43. The Hall–Kier alpha value is -0.930. The number of benzene rings is 1. The van der Waals surface area contributed by atoms with Crippen molar-refractivity contribution < 1.29 is 4.39 Å². The zero-order valence-electron chi connectivity index (χ0n) is 12.9. The molecule has 2 nitrogen and oxygen atoms in total. The molecule has 1 aromatic rings. The van der Waals surface area contributed by atoms with Gasteiger partial charge in [0.15, 0.2) is 0 Å².